The van der Waals surface area contributed by atoms with Crippen LogP contribution in [0.2, 0.25) is 0 Å². The van der Waals surface area contributed by atoms with Gasteiger partial charge >= 0.3 is 0 Å². The third kappa shape index (κ3) is 4.60. The highest BCUT2D eigenvalue weighted by atomic mass is 16.5. The molecule has 0 aliphatic rings. The van der Waals surface area contributed by atoms with Crippen LogP contribution in [0.25, 0.3) is 0 Å². The Labute approximate surface area is 131 Å². The molecular weight excluding hydrogens is 276 g/mol. The van der Waals surface area contributed by atoms with Crippen molar-refractivity contribution in [2.24, 2.45) is 5.73 Å². The highest BCUT2D eigenvalue weighted by Gasteiger charge is 2.14. The summed E-state index contributed by atoms with van der Waals surface area (Å²) in [6, 6.07) is 17.1. The number of ether oxygens (including phenoxy) is 1. The Morgan fingerprint density at radius 1 is 1.09 bits per heavy atom. The van der Waals surface area contributed by atoms with Crippen LogP contribution < -0.4 is 10.5 Å². The van der Waals surface area contributed by atoms with Crippen LogP contribution in [0.1, 0.15) is 28.4 Å². The third-order valence-electron chi connectivity index (χ3n) is 3.43. The normalized spacial score (nSPS) is 12.1. The minimum absolute atomic E-state index is 0.0250. The lowest BCUT2D eigenvalue weighted by atomic mass is 10.1. The zero-order valence-corrected chi connectivity index (χ0v) is 13.0. The SMILES string of the molecule is CN(C)CCC(Oc1ccc(C(N)=O)cc1)c1ccccc1. The van der Waals surface area contributed by atoms with E-state index < -0.39 is 5.91 Å². The van der Waals surface area contributed by atoms with Crippen molar-refractivity contribution in [3.63, 3.8) is 0 Å². The lowest BCUT2D eigenvalue weighted by molar-refractivity contribution is 0.1000. The molecule has 0 bridgehead atoms. The van der Waals surface area contributed by atoms with Crippen molar-refractivity contribution < 1.29 is 9.53 Å². The Kier molecular flexibility index (Phi) is 5.55. The number of rotatable bonds is 7. The van der Waals surface area contributed by atoms with E-state index >= 15 is 0 Å². The van der Waals surface area contributed by atoms with Gasteiger partial charge in [-0.1, -0.05) is 30.3 Å². The number of amides is 1. The first kappa shape index (κ1) is 16.0. The van der Waals surface area contributed by atoms with Gasteiger partial charge in [0.15, 0.2) is 0 Å². The van der Waals surface area contributed by atoms with Crippen molar-refractivity contribution in [3.8, 4) is 5.75 Å². The van der Waals surface area contributed by atoms with E-state index in [1.165, 1.54) is 0 Å². The summed E-state index contributed by atoms with van der Waals surface area (Å²) in [4.78, 5) is 13.2. The molecule has 0 heterocycles. The molecule has 0 saturated carbocycles. The molecule has 4 heteroatoms. The second-order valence-corrected chi connectivity index (χ2v) is 5.50. The highest BCUT2D eigenvalue weighted by Crippen LogP contribution is 2.25. The van der Waals surface area contributed by atoms with E-state index in [1.54, 1.807) is 24.3 Å². The van der Waals surface area contributed by atoms with Crippen LogP contribution in [0.4, 0.5) is 0 Å². The molecule has 0 fully saturated rings. The van der Waals surface area contributed by atoms with Gasteiger partial charge < -0.3 is 15.4 Å². The standard InChI is InChI=1S/C18H22N2O2/c1-20(2)13-12-17(14-6-4-3-5-7-14)22-16-10-8-15(9-11-16)18(19)21/h3-11,17H,12-13H2,1-2H3,(H2,19,21). The smallest absolute Gasteiger partial charge is 0.248 e. The molecule has 0 aromatic heterocycles. The Morgan fingerprint density at radius 3 is 2.27 bits per heavy atom. The lowest BCUT2D eigenvalue weighted by Crippen LogP contribution is -2.18. The first-order chi connectivity index (χ1) is 10.6. The summed E-state index contributed by atoms with van der Waals surface area (Å²) in [6.07, 6.45) is 0.859. The summed E-state index contributed by atoms with van der Waals surface area (Å²) in [5.41, 5.74) is 6.88. The topological polar surface area (TPSA) is 55.6 Å². The molecule has 0 saturated heterocycles. The van der Waals surface area contributed by atoms with Gasteiger partial charge in [-0.25, -0.2) is 0 Å². The molecule has 116 valence electrons. The van der Waals surface area contributed by atoms with Crippen molar-refractivity contribution in [2.45, 2.75) is 12.5 Å². The number of carbonyl (C=O) groups is 1. The molecule has 2 aromatic carbocycles. The molecule has 0 radical (unpaired) electrons. The van der Waals surface area contributed by atoms with E-state index in [9.17, 15) is 4.79 Å². The van der Waals surface area contributed by atoms with Gasteiger partial charge in [-0.15, -0.1) is 0 Å². The predicted octanol–water partition coefficient (Wildman–Crippen LogP) is 2.86. The van der Waals surface area contributed by atoms with Crippen LogP contribution >= 0.6 is 0 Å². The van der Waals surface area contributed by atoms with Gasteiger partial charge in [0.1, 0.15) is 11.9 Å². The van der Waals surface area contributed by atoms with Crippen molar-refractivity contribution in [3.05, 3.63) is 65.7 Å². The zero-order valence-electron chi connectivity index (χ0n) is 13.0. The van der Waals surface area contributed by atoms with E-state index in [4.69, 9.17) is 10.5 Å². The zero-order chi connectivity index (χ0) is 15.9. The maximum Gasteiger partial charge on any atom is 0.248 e. The Bertz CT molecular complexity index is 594. The molecule has 2 N–H and O–H groups in total. The second kappa shape index (κ2) is 7.61. The number of hydrogen-bond donors (Lipinski definition) is 1. The molecule has 2 rings (SSSR count). The van der Waals surface area contributed by atoms with Crippen molar-refractivity contribution >= 4 is 5.91 Å². The summed E-state index contributed by atoms with van der Waals surface area (Å²) in [5.74, 6) is 0.302. The van der Waals surface area contributed by atoms with Crippen molar-refractivity contribution in [2.75, 3.05) is 20.6 Å². The molecular formula is C18H22N2O2. The third-order valence-corrected chi connectivity index (χ3v) is 3.43. The number of hydrogen-bond acceptors (Lipinski definition) is 3. The molecule has 4 nitrogen and oxygen atoms in total. The molecule has 1 unspecified atom stereocenters. The van der Waals surface area contributed by atoms with E-state index in [0.29, 0.717) is 5.56 Å². The fraction of sp³-hybridized carbons (Fsp3) is 0.278. The fourth-order valence-electron chi connectivity index (χ4n) is 2.20. The monoisotopic (exact) mass is 298 g/mol. The quantitative estimate of drug-likeness (QED) is 0.855. The van der Waals surface area contributed by atoms with Crippen molar-refractivity contribution in [1.29, 1.82) is 0 Å². The number of nitrogens with zero attached hydrogens (tertiary/aromatic N) is 1. The van der Waals surface area contributed by atoms with Gasteiger partial charge in [0.25, 0.3) is 0 Å². The molecule has 1 atom stereocenters. The number of nitrogens with two attached hydrogens (primary N) is 1. The highest BCUT2D eigenvalue weighted by molar-refractivity contribution is 5.92. The Hall–Kier alpha value is -2.33. The van der Waals surface area contributed by atoms with Gasteiger partial charge in [0.2, 0.25) is 5.91 Å². The average Bonchev–Trinajstić information content (AvgIpc) is 2.52. The van der Waals surface area contributed by atoms with Gasteiger partial charge in [0, 0.05) is 18.5 Å². The van der Waals surface area contributed by atoms with Crippen LogP contribution in [0, 0.1) is 0 Å². The fourth-order valence-corrected chi connectivity index (χ4v) is 2.20. The van der Waals surface area contributed by atoms with Gasteiger partial charge in [-0.2, -0.15) is 0 Å². The molecule has 0 aliphatic heterocycles. The second-order valence-electron chi connectivity index (χ2n) is 5.50. The van der Waals surface area contributed by atoms with Crippen LogP contribution in [-0.4, -0.2) is 31.4 Å². The van der Waals surface area contributed by atoms with Crippen LogP contribution in [0.15, 0.2) is 54.6 Å². The molecule has 22 heavy (non-hydrogen) atoms. The summed E-state index contributed by atoms with van der Waals surface area (Å²) in [7, 11) is 4.09. The lowest BCUT2D eigenvalue weighted by Gasteiger charge is -2.21. The maximum atomic E-state index is 11.1. The molecule has 2 aromatic rings. The number of benzene rings is 2. The summed E-state index contributed by atoms with van der Waals surface area (Å²) in [6.45, 7) is 0.929. The predicted molar refractivity (Wildman–Crippen MR) is 87.9 cm³/mol. The maximum absolute atomic E-state index is 11.1. The van der Waals surface area contributed by atoms with Crippen LogP contribution in [-0.2, 0) is 0 Å². The first-order valence-corrected chi connectivity index (χ1v) is 7.32. The minimum atomic E-state index is -0.432. The van der Waals surface area contributed by atoms with Crippen molar-refractivity contribution in [1.82, 2.24) is 4.90 Å². The molecule has 1 amide bonds. The minimum Gasteiger partial charge on any atom is -0.486 e. The summed E-state index contributed by atoms with van der Waals surface area (Å²) < 4.78 is 6.11. The molecule has 0 aliphatic carbocycles. The number of carbonyl (C=O) groups excluding carboxylic acids is 1. The van der Waals surface area contributed by atoms with Crippen LogP contribution in [0.3, 0.4) is 0 Å². The summed E-state index contributed by atoms with van der Waals surface area (Å²) >= 11 is 0. The van der Waals surface area contributed by atoms with Gasteiger partial charge in [0.05, 0.1) is 0 Å². The van der Waals surface area contributed by atoms with E-state index in [2.05, 4.69) is 17.0 Å². The Balaban J connectivity index is 2.13. The van der Waals surface area contributed by atoms with E-state index in [1.807, 2.05) is 32.3 Å². The number of primary amides is 1. The van der Waals surface area contributed by atoms with Gasteiger partial charge in [-0.3, -0.25) is 4.79 Å². The first-order valence-electron chi connectivity index (χ1n) is 7.32. The van der Waals surface area contributed by atoms with E-state index in [-0.39, 0.29) is 6.10 Å². The molecule has 0 spiro atoms. The largest absolute Gasteiger partial charge is 0.486 e. The Morgan fingerprint density at radius 2 is 1.73 bits per heavy atom. The van der Waals surface area contributed by atoms with Gasteiger partial charge in [-0.05, 0) is 43.9 Å². The summed E-state index contributed by atoms with van der Waals surface area (Å²) in [5, 5.41) is 0. The average molecular weight is 298 g/mol. The van der Waals surface area contributed by atoms with E-state index in [0.717, 1.165) is 24.3 Å². The van der Waals surface area contributed by atoms with Crippen LogP contribution in [0.5, 0.6) is 5.75 Å².